The van der Waals surface area contributed by atoms with E-state index in [9.17, 15) is 0 Å². The van der Waals surface area contributed by atoms with Crippen LogP contribution in [0.2, 0.25) is 0 Å². The van der Waals surface area contributed by atoms with Crippen molar-refractivity contribution in [1.29, 1.82) is 0 Å². The minimum Gasteiger partial charge on any atom is -0.233 e. The molecule has 0 saturated carbocycles. The van der Waals surface area contributed by atoms with Gasteiger partial charge in [0.1, 0.15) is 0 Å². The summed E-state index contributed by atoms with van der Waals surface area (Å²) in [5.41, 5.74) is 0. The highest BCUT2D eigenvalue weighted by Crippen LogP contribution is 1.72. The van der Waals surface area contributed by atoms with Crippen LogP contribution in [-0.2, 0) is 0 Å². The highest BCUT2D eigenvalue weighted by Gasteiger charge is 1.78. The van der Waals surface area contributed by atoms with Crippen LogP contribution in [0.5, 0.6) is 0 Å². The van der Waals surface area contributed by atoms with Crippen molar-refractivity contribution < 1.29 is 0 Å². The summed E-state index contributed by atoms with van der Waals surface area (Å²) in [5, 5.41) is 5.06. The second kappa shape index (κ2) is 4.33. The molecule has 0 atom stereocenters. The van der Waals surface area contributed by atoms with Gasteiger partial charge >= 0.3 is 0 Å². The number of hydrogen-bond acceptors (Lipinski definition) is 3. The van der Waals surface area contributed by atoms with Gasteiger partial charge in [-0.15, -0.1) is 0 Å². The van der Waals surface area contributed by atoms with Crippen molar-refractivity contribution in [3.63, 3.8) is 0 Å². The van der Waals surface area contributed by atoms with Crippen LogP contribution in [0.1, 0.15) is 6.92 Å². The molecule has 46 valence electrons. The summed E-state index contributed by atoms with van der Waals surface area (Å²) < 4.78 is 0. The van der Waals surface area contributed by atoms with Gasteiger partial charge in [-0.25, -0.2) is 11.0 Å². The standard InChI is InChI=1S/C5H11N3/c1-3-5-7-8(6)4-2/h3,5H,1,4,6H2,2H3/b7-5-. The van der Waals surface area contributed by atoms with Gasteiger partial charge in [-0.2, -0.15) is 5.10 Å². The van der Waals surface area contributed by atoms with Gasteiger partial charge < -0.3 is 0 Å². The molecule has 0 saturated heterocycles. The van der Waals surface area contributed by atoms with Crippen LogP contribution in [0.4, 0.5) is 0 Å². The Hall–Kier alpha value is -0.830. The summed E-state index contributed by atoms with van der Waals surface area (Å²) >= 11 is 0. The zero-order chi connectivity index (χ0) is 6.41. The molecule has 2 N–H and O–H groups in total. The van der Waals surface area contributed by atoms with E-state index >= 15 is 0 Å². The van der Waals surface area contributed by atoms with Crippen molar-refractivity contribution in [3.8, 4) is 0 Å². The number of nitrogens with two attached hydrogens (primary N) is 1. The smallest absolute Gasteiger partial charge is 0.0502 e. The second-order valence-corrected chi connectivity index (χ2v) is 1.26. The molecule has 0 fully saturated rings. The maximum absolute atomic E-state index is 5.25. The Morgan fingerprint density at radius 1 is 1.88 bits per heavy atom. The number of allylic oxidation sites excluding steroid dienone is 1. The number of hydrogen-bond donors (Lipinski definition) is 1. The monoisotopic (exact) mass is 113 g/mol. The van der Waals surface area contributed by atoms with Crippen molar-refractivity contribution in [2.45, 2.75) is 6.92 Å². The zero-order valence-corrected chi connectivity index (χ0v) is 5.04. The molecule has 0 amide bonds. The Bertz CT molecular complexity index is 87.7. The van der Waals surface area contributed by atoms with Gasteiger partial charge in [0, 0.05) is 6.21 Å². The van der Waals surface area contributed by atoms with E-state index in [1.807, 2.05) is 6.92 Å². The zero-order valence-electron chi connectivity index (χ0n) is 5.04. The Morgan fingerprint density at radius 2 is 2.50 bits per heavy atom. The number of rotatable bonds is 3. The van der Waals surface area contributed by atoms with E-state index in [4.69, 9.17) is 5.84 Å². The summed E-state index contributed by atoms with van der Waals surface area (Å²) in [4.78, 5) is 0. The highest BCUT2D eigenvalue weighted by molar-refractivity contribution is 5.69. The molecule has 0 aliphatic rings. The average Bonchev–Trinajstić information content (AvgIpc) is 1.83. The molecule has 0 aromatic heterocycles. The van der Waals surface area contributed by atoms with Crippen LogP contribution in [0.3, 0.4) is 0 Å². The summed E-state index contributed by atoms with van der Waals surface area (Å²) in [6.45, 7) is 6.07. The third kappa shape index (κ3) is 3.36. The SMILES string of the molecule is C=C/C=N\N(N)CC. The molecule has 0 aliphatic heterocycles. The van der Waals surface area contributed by atoms with Crippen molar-refractivity contribution >= 4 is 6.21 Å². The van der Waals surface area contributed by atoms with E-state index in [1.54, 1.807) is 12.3 Å². The number of nitrogens with zero attached hydrogens (tertiary/aromatic N) is 2. The van der Waals surface area contributed by atoms with Gasteiger partial charge in [-0.3, -0.25) is 0 Å². The van der Waals surface area contributed by atoms with Gasteiger partial charge in [-0.05, 0) is 13.0 Å². The van der Waals surface area contributed by atoms with Crippen molar-refractivity contribution in [3.05, 3.63) is 12.7 Å². The first kappa shape index (κ1) is 7.17. The quantitative estimate of drug-likeness (QED) is 0.326. The minimum atomic E-state index is 0.713. The van der Waals surface area contributed by atoms with Gasteiger partial charge in [0.15, 0.2) is 0 Å². The summed E-state index contributed by atoms with van der Waals surface area (Å²) in [6, 6.07) is 0. The Labute approximate surface area is 49.4 Å². The van der Waals surface area contributed by atoms with E-state index in [-0.39, 0.29) is 0 Å². The molecule has 0 aromatic rings. The molecule has 0 bridgehead atoms. The maximum Gasteiger partial charge on any atom is 0.0502 e. The predicted molar refractivity (Wildman–Crippen MR) is 35.3 cm³/mol. The predicted octanol–water partition coefficient (Wildman–Crippen LogP) is 0.354. The largest absolute Gasteiger partial charge is 0.233 e. The first-order valence-electron chi connectivity index (χ1n) is 2.48. The van der Waals surface area contributed by atoms with Crippen LogP contribution >= 0.6 is 0 Å². The van der Waals surface area contributed by atoms with Gasteiger partial charge in [-0.1, -0.05) is 6.58 Å². The normalized spacial score (nSPS) is 9.75. The fourth-order valence-corrected chi connectivity index (χ4v) is 0.214. The minimum absolute atomic E-state index is 0.713. The molecule has 8 heavy (non-hydrogen) atoms. The summed E-state index contributed by atoms with van der Waals surface area (Å²) in [7, 11) is 0. The first-order valence-corrected chi connectivity index (χ1v) is 2.48. The van der Waals surface area contributed by atoms with E-state index in [0.717, 1.165) is 0 Å². The second-order valence-electron chi connectivity index (χ2n) is 1.26. The van der Waals surface area contributed by atoms with Gasteiger partial charge in [0.25, 0.3) is 0 Å². The third-order valence-electron chi connectivity index (χ3n) is 0.644. The Balaban J connectivity index is 3.35. The Morgan fingerprint density at radius 3 is 2.88 bits per heavy atom. The topological polar surface area (TPSA) is 41.6 Å². The lowest BCUT2D eigenvalue weighted by molar-refractivity contribution is 0.319. The first-order chi connectivity index (χ1) is 3.81. The van der Waals surface area contributed by atoms with Crippen molar-refractivity contribution in [1.82, 2.24) is 5.12 Å². The molecular formula is C5H11N3. The van der Waals surface area contributed by atoms with Gasteiger partial charge in [0.05, 0.1) is 6.54 Å². The molecule has 0 aliphatic carbocycles. The fourth-order valence-electron chi connectivity index (χ4n) is 0.214. The van der Waals surface area contributed by atoms with Gasteiger partial charge in [0.2, 0.25) is 0 Å². The molecule has 0 radical (unpaired) electrons. The van der Waals surface area contributed by atoms with E-state index in [0.29, 0.717) is 6.54 Å². The molecule has 0 heterocycles. The lowest BCUT2D eigenvalue weighted by Crippen LogP contribution is -2.24. The maximum atomic E-state index is 5.25. The van der Waals surface area contributed by atoms with Crippen LogP contribution in [0, 0.1) is 0 Å². The summed E-state index contributed by atoms with van der Waals surface area (Å²) in [6.07, 6.45) is 3.12. The number of hydrazone groups is 1. The molecule has 0 rings (SSSR count). The van der Waals surface area contributed by atoms with E-state index in [1.165, 1.54) is 5.12 Å². The fraction of sp³-hybridized carbons (Fsp3) is 0.400. The van der Waals surface area contributed by atoms with Crippen LogP contribution < -0.4 is 5.84 Å². The van der Waals surface area contributed by atoms with E-state index < -0.39 is 0 Å². The Kier molecular flexibility index (Phi) is 3.88. The molecule has 3 nitrogen and oxygen atoms in total. The van der Waals surface area contributed by atoms with Crippen molar-refractivity contribution in [2.24, 2.45) is 10.9 Å². The lowest BCUT2D eigenvalue weighted by atomic mass is 10.7. The molecule has 3 heteroatoms. The molecule has 0 unspecified atom stereocenters. The van der Waals surface area contributed by atoms with Crippen LogP contribution in [0.15, 0.2) is 17.8 Å². The summed E-state index contributed by atoms with van der Waals surface area (Å²) in [5.74, 6) is 5.25. The molecular weight excluding hydrogens is 102 g/mol. The third-order valence-corrected chi connectivity index (χ3v) is 0.644. The van der Waals surface area contributed by atoms with E-state index in [2.05, 4.69) is 11.7 Å². The average molecular weight is 113 g/mol. The van der Waals surface area contributed by atoms with Crippen LogP contribution in [-0.4, -0.2) is 17.9 Å². The van der Waals surface area contributed by atoms with Crippen molar-refractivity contribution in [2.75, 3.05) is 6.54 Å². The number of hydrazine groups is 1. The molecule has 0 spiro atoms. The lowest BCUT2D eigenvalue weighted by Gasteiger charge is -2.05. The highest BCUT2D eigenvalue weighted by atomic mass is 15.6. The molecule has 0 aromatic carbocycles. The van der Waals surface area contributed by atoms with Crippen LogP contribution in [0.25, 0.3) is 0 Å².